The summed E-state index contributed by atoms with van der Waals surface area (Å²) in [6, 6.07) is 4.32. The first-order chi connectivity index (χ1) is 9.19. The van der Waals surface area contributed by atoms with Crippen LogP contribution in [0, 0.1) is 13.8 Å². The van der Waals surface area contributed by atoms with E-state index < -0.39 is 0 Å². The van der Waals surface area contributed by atoms with Gasteiger partial charge in [-0.25, -0.2) is 14.6 Å². The molecule has 0 saturated heterocycles. The molecule has 5 nitrogen and oxygen atoms in total. The number of aromatic nitrogens is 5. The van der Waals surface area contributed by atoms with Gasteiger partial charge in [-0.1, -0.05) is 0 Å². The fourth-order valence-corrected chi connectivity index (χ4v) is 2.27. The molecule has 19 heavy (non-hydrogen) atoms. The van der Waals surface area contributed by atoms with Crippen LogP contribution in [0.1, 0.15) is 23.9 Å². The van der Waals surface area contributed by atoms with Crippen LogP contribution in [0.25, 0.3) is 11.0 Å². The third-order valence-corrected chi connectivity index (χ3v) is 3.54. The van der Waals surface area contributed by atoms with Crippen LogP contribution in [0.5, 0.6) is 0 Å². The van der Waals surface area contributed by atoms with E-state index in [1.165, 1.54) is 11.1 Å². The molecule has 0 radical (unpaired) electrons. The normalized spacial score (nSPS) is 11.3. The molecular weight excluding hydrogens is 238 g/mol. The molecule has 0 saturated carbocycles. The summed E-state index contributed by atoms with van der Waals surface area (Å²) < 4.78 is 4.03. The van der Waals surface area contributed by atoms with Gasteiger partial charge in [0, 0.05) is 6.54 Å². The van der Waals surface area contributed by atoms with Crippen LogP contribution in [-0.4, -0.2) is 24.3 Å². The number of hydrogen-bond acceptors (Lipinski definition) is 3. The Bertz CT molecular complexity index is 723. The van der Waals surface area contributed by atoms with Crippen molar-refractivity contribution in [1.29, 1.82) is 0 Å². The summed E-state index contributed by atoms with van der Waals surface area (Å²) in [5.41, 5.74) is 4.74. The summed E-state index contributed by atoms with van der Waals surface area (Å²) in [5.74, 6) is 0.958. The lowest BCUT2D eigenvalue weighted by molar-refractivity contribution is 0.596. The molecule has 3 aromatic rings. The Morgan fingerprint density at radius 3 is 2.68 bits per heavy atom. The monoisotopic (exact) mass is 255 g/mol. The van der Waals surface area contributed by atoms with Crippen LogP contribution < -0.4 is 0 Å². The van der Waals surface area contributed by atoms with Crippen molar-refractivity contribution in [3.05, 3.63) is 41.7 Å². The van der Waals surface area contributed by atoms with E-state index in [0.717, 1.165) is 23.4 Å². The van der Waals surface area contributed by atoms with Crippen molar-refractivity contribution in [1.82, 2.24) is 24.3 Å². The van der Waals surface area contributed by atoms with Gasteiger partial charge in [-0.05, 0) is 44.0 Å². The highest BCUT2D eigenvalue weighted by atomic mass is 15.3. The number of hydrogen-bond donors (Lipinski definition) is 0. The number of imidazole rings is 1. The highest BCUT2D eigenvalue weighted by Crippen LogP contribution is 2.19. The first kappa shape index (κ1) is 11.9. The van der Waals surface area contributed by atoms with Gasteiger partial charge in [0.2, 0.25) is 0 Å². The van der Waals surface area contributed by atoms with Gasteiger partial charge in [0.25, 0.3) is 0 Å². The van der Waals surface area contributed by atoms with Gasteiger partial charge in [0.15, 0.2) is 0 Å². The van der Waals surface area contributed by atoms with Crippen molar-refractivity contribution in [2.45, 2.75) is 33.9 Å². The molecule has 0 N–H and O–H groups in total. The van der Waals surface area contributed by atoms with E-state index in [2.05, 4.69) is 52.5 Å². The Kier molecular flexibility index (Phi) is 2.81. The van der Waals surface area contributed by atoms with E-state index in [9.17, 15) is 0 Å². The maximum absolute atomic E-state index is 4.46. The predicted molar refractivity (Wildman–Crippen MR) is 74.0 cm³/mol. The van der Waals surface area contributed by atoms with E-state index in [0.29, 0.717) is 6.54 Å². The molecule has 98 valence electrons. The van der Waals surface area contributed by atoms with Gasteiger partial charge >= 0.3 is 0 Å². The first-order valence-corrected chi connectivity index (χ1v) is 6.48. The SMILES string of the molecule is CCn1ncnc1Cn1cnc2cc(C)c(C)cc21. The van der Waals surface area contributed by atoms with Crippen LogP contribution in [0.15, 0.2) is 24.8 Å². The molecule has 0 aliphatic rings. The van der Waals surface area contributed by atoms with Crippen LogP contribution in [0.3, 0.4) is 0 Å². The molecule has 0 fully saturated rings. The average molecular weight is 255 g/mol. The maximum atomic E-state index is 4.46. The molecule has 0 spiro atoms. The molecule has 0 bridgehead atoms. The Labute approximate surface area is 111 Å². The Hall–Kier alpha value is -2.17. The lowest BCUT2D eigenvalue weighted by Crippen LogP contribution is -2.08. The van der Waals surface area contributed by atoms with Crippen LogP contribution in [-0.2, 0) is 13.1 Å². The topological polar surface area (TPSA) is 48.5 Å². The quantitative estimate of drug-likeness (QED) is 0.721. The molecule has 0 aliphatic carbocycles. The number of benzene rings is 1. The second-order valence-corrected chi connectivity index (χ2v) is 4.79. The minimum Gasteiger partial charge on any atom is -0.323 e. The Balaban J connectivity index is 2.04. The molecule has 0 atom stereocenters. The second-order valence-electron chi connectivity index (χ2n) is 4.79. The molecular formula is C14H17N5. The average Bonchev–Trinajstić information content (AvgIpc) is 2.99. The molecule has 2 aromatic heterocycles. The van der Waals surface area contributed by atoms with E-state index in [-0.39, 0.29) is 0 Å². The van der Waals surface area contributed by atoms with E-state index in [4.69, 9.17) is 0 Å². The Morgan fingerprint density at radius 2 is 1.89 bits per heavy atom. The van der Waals surface area contributed by atoms with Gasteiger partial charge in [0.1, 0.15) is 12.2 Å². The van der Waals surface area contributed by atoms with Crippen molar-refractivity contribution in [3.8, 4) is 0 Å². The second kappa shape index (κ2) is 4.50. The summed E-state index contributed by atoms with van der Waals surface area (Å²) in [6.45, 7) is 7.84. The first-order valence-electron chi connectivity index (χ1n) is 6.48. The van der Waals surface area contributed by atoms with Gasteiger partial charge in [0.05, 0.1) is 23.9 Å². The highest BCUT2D eigenvalue weighted by Gasteiger charge is 2.08. The summed E-state index contributed by atoms with van der Waals surface area (Å²) in [5, 5.41) is 4.20. The lowest BCUT2D eigenvalue weighted by Gasteiger charge is -2.06. The molecule has 1 aromatic carbocycles. The largest absolute Gasteiger partial charge is 0.323 e. The maximum Gasteiger partial charge on any atom is 0.146 e. The molecule has 2 heterocycles. The number of aryl methyl sites for hydroxylation is 3. The summed E-state index contributed by atoms with van der Waals surface area (Å²) in [7, 11) is 0. The van der Waals surface area contributed by atoms with E-state index in [1.54, 1.807) is 6.33 Å². The lowest BCUT2D eigenvalue weighted by atomic mass is 10.1. The standard InChI is InChI=1S/C14H17N5/c1-4-19-14(15-8-17-19)7-18-9-16-12-5-10(2)11(3)6-13(12)18/h5-6,8-9H,4,7H2,1-3H3. The summed E-state index contributed by atoms with van der Waals surface area (Å²) in [6.07, 6.45) is 3.48. The molecule has 0 amide bonds. The number of rotatable bonds is 3. The van der Waals surface area contributed by atoms with Crippen molar-refractivity contribution in [2.75, 3.05) is 0 Å². The van der Waals surface area contributed by atoms with Crippen LogP contribution >= 0.6 is 0 Å². The van der Waals surface area contributed by atoms with E-state index in [1.807, 2.05) is 11.0 Å². The number of nitrogens with zero attached hydrogens (tertiary/aromatic N) is 5. The zero-order chi connectivity index (χ0) is 13.4. The van der Waals surface area contributed by atoms with Gasteiger partial charge in [-0.15, -0.1) is 0 Å². The van der Waals surface area contributed by atoms with Crippen molar-refractivity contribution >= 4 is 11.0 Å². The molecule has 0 aliphatic heterocycles. The predicted octanol–water partition coefficient (Wildman–Crippen LogP) is 2.31. The van der Waals surface area contributed by atoms with Crippen molar-refractivity contribution in [2.24, 2.45) is 0 Å². The summed E-state index contributed by atoms with van der Waals surface area (Å²) in [4.78, 5) is 8.77. The zero-order valence-corrected chi connectivity index (χ0v) is 11.5. The molecule has 0 unspecified atom stereocenters. The van der Waals surface area contributed by atoms with Crippen molar-refractivity contribution in [3.63, 3.8) is 0 Å². The Morgan fingerprint density at radius 1 is 1.11 bits per heavy atom. The van der Waals surface area contributed by atoms with Gasteiger partial charge < -0.3 is 4.57 Å². The smallest absolute Gasteiger partial charge is 0.146 e. The summed E-state index contributed by atoms with van der Waals surface area (Å²) >= 11 is 0. The van der Waals surface area contributed by atoms with Crippen molar-refractivity contribution < 1.29 is 0 Å². The van der Waals surface area contributed by atoms with E-state index >= 15 is 0 Å². The minimum atomic E-state index is 0.701. The number of fused-ring (bicyclic) bond motifs is 1. The molecule has 3 rings (SSSR count). The fourth-order valence-electron chi connectivity index (χ4n) is 2.27. The molecule has 5 heteroatoms. The third-order valence-electron chi connectivity index (χ3n) is 3.54. The van der Waals surface area contributed by atoms with Crippen LogP contribution in [0.4, 0.5) is 0 Å². The fraction of sp³-hybridized carbons (Fsp3) is 0.357. The highest BCUT2D eigenvalue weighted by molar-refractivity contribution is 5.77. The van der Waals surface area contributed by atoms with Gasteiger partial charge in [-0.3, -0.25) is 0 Å². The van der Waals surface area contributed by atoms with Crippen LogP contribution in [0.2, 0.25) is 0 Å². The minimum absolute atomic E-state index is 0.701. The zero-order valence-electron chi connectivity index (χ0n) is 11.5. The third kappa shape index (κ3) is 2.01. The van der Waals surface area contributed by atoms with Gasteiger partial charge in [-0.2, -0.15) is 5.10 Å².